The molecular formula is C22H21N5O3S. The second kappa shape index (κ2) is 8.75. The van der Waals surface area contributed by atoms with E-state index in [1.165, 1.54) is 12.3 Å². The molecule has 0 spiro atoms. The molecule has 1 unspecified atom stereocenters. The molecule has 0 bridgehead atoms. The number of benzene rings is 2. The third-order valence-electron chi connectivity index (χ3n) is 4.67. The molecular weight excluding hydrogens is 414 g/mol. The molecule has 4 aromatic rings. The lowest BCUT2D eigenvalue weighted by atomic mass is 10.0. The monoisotopic (exact) mass is 435 g/mol. The average molecular weight is 436 g/mol. The third kappa shape index (κ3) is 4.68. The summed E-state index contributed by atoms with van der Waals surface area (Å²) in [6, 6.07) is 14.9. The smallest absolute Gasteiger partial charge is 0.251 e. The number of H-pyrrole nitrogens is 1. The summed E-state index contributed by atoms with van der Waals surface area (Å²) in [6.45, 7) is 4.04. The van der Waals surface area contributed by atoms with E-state index in [1.54, 1.807) is 0 Å². The van der Waals surface area contributed by atoms with Crippen LogP contribution in [0.25, 0.3) is 33.5 Å². The van der Waals surface area contributed by atoms with Crippen molar-refractivity contribution in [1.29, 1.82) is 0 Å². The predicted octanol–water partition coefficient (Wildman–Crippen LogP) is 3.59. The molecule has 0 saturated heterocycles. The van der Waals surface area contributed by atoms with Crippen LogP contribution in [0.2, 0.25) is 0 Å². The first-order valence-corrected chi connectivity index (χ1v) is 11.0. The van der Waals surface area contributed by atoms with Gasteiger partial charge in [-0.1, -0.05) is 30.3 Å². The van der Waals surface area contributed by atoms with Gasteiger partial charge in [-0.25, -0.2) is 9.19 Å². The first kappa shape index (κ1) is 20.8. The maximum absolute atomic E-state index is 11.8. The van der Waals surface area contributed by atoms with Crippen LogP contribution in [-0.4, -0.2) is 35.0 Å². The van der Waals surface area contributed by atoms with Crippen LogP contribution in [0.1, 0.15) is 19.4 Å². The molecule has 0 amide bonds. The Labute approximate surface area is 181 Å². The highest BCUT2D eigenvalue weighted by molar-refractivity contribution is 7.78. The molecule has 2 heterocycles. The second-order valence-electron chi connectivity index (χ2n) is 7.40. The Morgan fingerprint density at radius 1 is 1.06 bits per heavy atom. The zero-order chi connectivity index (χ0) is 22.0. The van der Waals surface area contributed by atoms with Crippen LogP contribution in [0.5, 0.6) is 0 Å². The number of fused-ring (bicyclic) bond motifs is 1. The molecule has 3 N–H and O–H groups in total. The highest BCUT2D eigenvalue weighted by atomic mass is 32.2. The minimum atomic E-state index is -1.87. The molecule has 2 aromatic heterocycles. The SMILES string of the molecule is CC(C)Nc1c(-c2nccc(=O)[nH]2)nnc2cc(-c3ccc(CS(=O)O)cc3)ccc12. The van der Waals surface area contributed by atoms with Crippen molar-refractivity contribution >= 4 is 27.7 Å². The molecule has 158 valence electrons. The number of rotatable bonds is 6. The van der Waals surface area contributed by atoms with Crippen molar-refractivity contribution in [2.45, 2.75) is 25.6 Å². The van der Waals surface area contributed by atoms with Gasteiger partial charge in [0, 0.05) is 23.7 Å². The number of nitrogens with zero attached hydrogens (tertiary/aromatic N) is 3. The van der Waals surface area contributed by atoms with Crippen molar-refractivity contribution in [3.8, 4) is 22.6 Å². The Kier molecular flexibility index (Phi) is 5.88. The molecule has 31 heavy (non-hydrogen) atoms. The molecule has 0 aliphatic carbocycles. The summed E-state index contributed by atoms with van der Waals surface area (Å²) < 4.78 is 20.0. The van der Waals surface area contributed by atoms with E-state index in [0.29, 0.717) is 17.0 Å². The summed E-state index contributed by atoms with van der Waals surface area (Å²) in [7, 11) is 0. The van der Waals surface area contributed by atoms with Gasteiger partial charge in [0.15, 0.2) is 22.6 Å². The van der Waals surface area contributed by atoms with E-state index in [0.717, 1.165) is 27.8 Å². The average Bonchev–Trinajstić information content (AvgIpc) is 2.73. The fraction of sp³-hybridized carbons (Fsp3) is 0.182. The molecule has 0 aliphatic rings. The summed E-state index contributed by atoms with van der Waals surface area (Å²) >= 11 is -1.87. The van der Waals surface area contributed by atoms with Crippen LogP contribution in [-0.2, 0) is 16.8 Å². The van der Waals surface area contributed by atoms with Crippen molar-refractivity contribution in [3.05, 3.63) is 70.6 Å². The minimum absolute atomic E-state index is 0.103. The van der Waals surface area contributed by atoms with Crippen LogP contribution >= 0.6 is 0 Å². The van der Waals surface area contributed by atoms with Crippen LogP contribution in [0.3, 0.4) is 0 Å². The van der Waals surface area contributed by atoms with E-state index < -0.39 is 11.1 Å². The molecule has 9 heteroatoms. The zero-order valence-electron chi connectivity index (χ0n) is 17.0. The first-order valence-electron chi connectivity index (χ1n) is 9.70. The van der Waals surface area contributed by atoms with Crippen LogP contribution in [0.15, 0.2) is 59.5 Å². The van der Waals surface area contributed by atoms with Gasteiger partial charge < -0.3 is 14.9 Å². The Morgan fingerprint density at radius 3 is 2.48 bits per heavy atom. The van der Waals surface area contributed by atoms with Gasteiger partial charge in [-0.2, -0.15) is 0 Å². The van der Waals surface area contributed by atoms with Crippen LogP contribution < -0.4 is 10.9 Å². The van der Waals surface area contributed by atoms with E-state index in [4.69, 9.17) is 4.55 Å². The molecule has 1 atom stereocenters. The quantitative estimate of drug-likeness (QED) is 0.396. The Bertz CT molecular complexity index is 1320. The second-order valence-corrected chi connectivity index (χ2v) is 8.33. The van der Waals surface area contributed by atoms with Gasteiger partial charge >= 0.3 is 0 Å². The van der Waals surface area contributed by atoms with Crippen molar-refractivity contribution in [2.24, 2.45) is 0 Å². The first-order chi connectivity index (χ1) is 14.9. The number of nitrogens with one attached hydrogen (secondary N) is 2. The van der Waals surface area contributed by atoms with Gasteiger partial charge in [-0.3, -0.25) is 4.79 Å². The van der Waals surface area contributed by atoms with Crippen LogP contribution in [0, 0.1) is 0 Å². The largest absolute Gasteiger partial charge is 0.380 e. The van der Waals surface area contributed by atoms with Gasteiger partial charge in [0.05, 0.1) is 17.0 Å². The number of aromatic amines is 1. The van der Waals surface area contributed by atoms with E-state index in [9.17, 15) is 9.00 Å². The third-order valence-corrected chi connectivity index (χ3v) is 5.25. The van der Waals surface area contributed by atoms with E-state index >= 15 is 0 Å². The minimum Gasteiger partial charge on any atom is -0.380 e. The summed E-state index contributed by atoms with van der Waals surface area (Å²) in [6.07, 6.45) is 1.44. The summed E-state index contributed by atoms with van der Waals surface area (Å²) in [5.74, 6) is 0.456. The van der Waals surface area contributed by atoms with E-state index in [1.807, 2.05) is 56.3 Å². The molecule has 4 rings (SSSR count). The maximum atomic E-state index is 11.8. The lowest BCUT2D eigenvalue weighted by molar-refractivity contribution is 0.563. The fourth-order valence-corrected chi connectivity index (χ4v) is 3.79. The lowest BCUT2D eigenvalue weighted by Gasteiger charge is -2.16. The summed E-state index contributed by atoms with van der Waals surface area (Å²) in [4.78, 5) is 18.7. The van der Waals surface area contributed by atoms with Crippen molar-refractivity contribution in [3.63, 3.8) is 0 Å². The van der Waals surface area contributed by atoms with Crippen LogP contribution in [0.4, 0.5) is 5.69 Å². The van der Waals surface area contributed by atoms with Crippen molar-refractivity contribution in [2.75, 3.05) is 5.32 Å². The normalized spacial score (nSPS) is 12.3. The highest BCUT2D eigenvalue weighted by Crippen LogP contribution is 2.32. The topological polar surface area (TPSA) is 121 Å². The molecule has 0 radical (unpaired) electrons. The standard InChI is InChI=1S/C22H21N5O3S/c1-13(2)24-20-17-8-7-16(15-5-3-14(4-6-15)12-31(29)30)11-18(17)26-27-21(20)22-23-10-9-19(28)25-22/h3-11,13H,12H2,1-2H3,(H,24,26)(H,29,30)(H,23,25,28). The number of anilines is 1. The maximum Gasteiger partial charge on any atom is 0.251 e. The molecule has 0 saturated carbocycles. The van der Waals surface area contributed by atoms with Gasteiger partial charge in [0.2, 0.25) is 0 Å². The summed E-state index contributed by atoms with van der Waals surface area (Å²) in [5, 5.41) is 13.0. The zero-order valence-corrected chi connectivity index (χ0v) is 17.8. The number of aromatic nitrogens is 4. The Hall–Kier alpha value is -3.43. The lowest BCUT2D eigenvalue weighted by Crippen LogP contribution is -2.14. The van der Waals surface area contributed by atoms with Gasteiger partial charge in [-0.05, 0) is 42.7 Å². The summed E-state index contributed by atoms with van der Waals surface area (Å²) in [5.41, 5.74) is 4.38. The molecule has 0 fully saturated rings. The Morgan fingerprint density at radius 2 is 1.81 bits per heavy atom. The van der Waals surface area contributed by atoms with Gasteiger partial charge in [0.1, 0.15) is 0 Å². The van der Waals surface area contributed by atoms with Crippen molar-refractivity contribution < 1.29 is 8.76 Å². The van der Waals surface area contributed by atoms with E-state index in [-0.39, 0.29) is 17.4 Å². The Balaban J connectivity index is 1.79. The van der Waals surface area contributed by atoms with Crippen molar-refractivity contribution in [1.82, 2.24) is 20.2 Å². The van der Waals surface area contributed by atoms with Gasteiger partial charge in [0.25, 0.3) is 5.56 Å². The van der Waals surface area contributed by atoms with E-state index in [2.05, 4.69) is 25.5 Å². The number of hydrogen-bond acceptors (Lipinski definition) is 6. The van der Waals surface area contributed by atoms with Gasteiger partial charge in [-0.15, -0.1) is 10.2 Å². The molecule has 0 aliphatic heterocycles. The number of hydrogen-bond donors (Lipinski definition) is 3. The fourth-order valence-electron chi connectivity index (χ4n) is 3.31. The molecule has 2 aromatic carbocycles. The predicted molar refractivity (Wildman–Crippen MR) is 122 cm³/mol. The highest BCUT2D eigenvalue weighted by Gasteiger charge is 2.16. The molecule has 8 nitrogen and oxygen atoms in total.